The van der Waals surface area contributed by atoms with E-state index in [1.165, 1.54) is 0 Å². The molecule has 6 heteroatoms. The summed E-state index contributed by atoms with van der Waals surface area (Å²) in [5.74, 6) is -0.640. The van der Waals surface area contributed by atoms with Crippen LogP contribution in [0.25, 0.3) is 22.0 Å². The number of nitrogens with zero attached hydrogens (tertiary/aromatic N) is 1. The van der Waals surface area contributed by atoms with Crippen LogP contribution in [0.5, 0.6) is 0 Å². The number of halogens is 2. The van der Waals surface area contributed by atoms with Gasteiger partial charge in [0.15, 0.2) is 0 Å². The normalized spacial score (nSPS) is 15.3. The van der Waals surface area contributed by atoms with Gasteiger partial charge in [0.1, 0.15) is 5.56 Å². The number of hydrogen-bond acceptors (Lipinski definition) is 3. The van der Waals surface area contributed by atoms with Crippen molar-refractivity contribution in [1.29, 1.82) is 0 Å². The lowest BCUT2D eigenvalue weighted by molar-refractivity contribution is 0.0524. The Hall–Kier alpha value is -2.30. The number of ether oxygens (including phenoxy) is 1. The molecule has 0 saturated carbocycles. The molecule has 0 N–H and O–H groups in total. The number of benzene rings is 2. The predicted molar refractivity (Wildman–Crippen MR) is 108 cm³/mol. The minimum absolute atomic E-state index is 0.0134. The van der Waals surface area contributed by atoms with Crippen molar-refractivity contribution in [2.24, 2.45) is 0 Å². The van der Waals surface area contributed by atoms with E-state index < -0.39 is 5.97 Å². The summed E-state index contributed by atoms with van der Waals surface area (Å²) in [4.78, 5) is 26.1. The summed E-state index contributed by atoms with van der Waals surface area (Å²) in [5.41, 5.74) is 2.69. The van der Waals surface area contributed by atoms with Gasteiger partial charge in [-0.25, -0.2) is 4.79 Å². The van der Waals surface area contributed by atoms with E-state index in [1.54, 1.807) is 29.7 Å². The van der Waals surface area contributed by atoms with Crippen molar-refractivity contribution in [3.05, 3.63) is 67.9 Å². The maximum Gasteiger partial charge on any atom is 0.344 e. The van der Waals surface area contributed by atoms with Crippen LogP contribution in [-0.2, 0) is 11.2 Å². The number of esters is 1. The van der Waals surface area contributed by atoms with Crippen LogP contribution >= 0.6 is 23.2 Å². The van der Waals surface area contributed by atoms with Gasteiger partial charge in [-0.05, 0) is 38.0 Å². The first-order chi connectivity index (χ1) is 12.9. The third kappa shape index (κ3) is 2.75. The average molecular weight is 402 g/mol. The second-order valence-corrected chi connectivity index (χ2v) is 7.48. The molecule has 138 valence electrons. The number of aromatic nitrogens is 1. The molecule has 0 fully saturated rings. The molecule has 0 amide bonds. The van der Waals surface area contributed by atoms with Crippen molar-refractivity contribution in [3.63, 3.8) is 0 Å². The molecule has 4 rings (SSSR count). The maximum atomic E-state index is 13.3. The zero-order valence-electron chi connectivity index (χ0n) is 14.9. The Labute approximate surface area is 166 Å². The Morgan fingerprint density at radius 2 is 2.04 bits per heavy atom. The van der Waals surface area contributed by atoms with E-state index in [4.69, 9.17) is 27.9 Å². The fourth-order valence-corrected chi connectivity index (χ4v) is 4.40. The molecule has 1 atom stereocenters. The van der Waals surface area contributed by atoms with Crippen molar-refractivity contribution >= 4 is 40.1 Å². The molecule has 2 heterocycles. The zero-order chi connectivity index (χ0) is 19.3. The molecule has 0 bridgehead atoms. The van der Waals surface area contributed by atoms with Gasteiger partial charge >= 0.3 is 5.97 Å². The lowest BCUT2D eigenvalue weighted by Crippen LogP contribution is -2.29. The van der Waals surface area contributed by atoms with Gasteiger partial charge in [-0.1, -0.05) is 47.5 Å². The van der Waals surface area contributed by atoms with Gasteiger partial charge in [0, 0.05) is 32.6 Å². The number of pyridine rings is 1. The highest BCUT2D eigenvalue weighted by Crippen LogP contribution is 2.40. The first-order valence-corrected chi connectivity index (χ1v) is 9.52. The van der Waals surface area contributed by atoms with E-state index in [1.807, 2.05) is 25.1 Å². The van der Waals surface area contributed by atoms with Crippen LogP contribution in [0, 0.1) is 0 Å². The van der Waals surface area contributed by atoms with Crippen molar-refractivity contribution in [2.75, 3.05) is 6.61 Å². The van der Waals surface area contributed by atoms with Crippen molar-refractivity contribution in [3.8, 4) is 11.1 Å². The highest BCUT2D eigenvalue weighted by atomic mass is 35.5. The van der Waals surface area contributed by atoms with Crippen LogP contribution < -0.4 is 5.56 Å². The summed E-state index contributed by atoms with van der Waals surface area (Å²) in [7, 11) is 0. The summed E-state index contributed by atoms with van der Waals surface area (Å²) in [6.45, 7) is 3.87. The van der Waals surface area contributed by atoms with Crippen LogP contribution in [-0.4, -0.2) is 17.1 Å². The lowest BCUT2D eigenvalue weighted by Gasteiger charge is -2.17. The molecule has 0 saturated heterocycles. The molecule has 1 unspecified atom stereocenters. The van der Waals surface area contributed by atoms with E-state index in [9.17, 15) is 9.59 Å². The number of carbonyl (C=O) groups excluding carboxylic acids is 1. The fourth-order valence-electron chi connectivity index (χ4n) is 3.90. The first-order valence-electron chi connectivity index (χ1n) is 8.76. The Morgan fingerprint density at radius 1 is 1.26 bits per heavy atom. The molecular weight excluding hydrogens is 385 g/mol. The summed E-state index contributed by atoms with van der Waals surface area (Å²) in [6, 6.07) is 10.9. The predicted octanol–water partition coefficient (Wildman–Crippen LogP) is 5.27. The number of para-hydroxylation sites is 1. The highest BCUT2D eigenvalue weighted by molar-refractivity contribution is 6.37. The van der Waals surface area contributed by atoms with E-state index in [0.29, 0.717) is 21.2 Å². The number of carbonyl (C=O) groups is 1. The number of rotatable bonds is 3. The Bertz CT molecular complexity index is 1150. The minimum atomic E-state index is -0.640. The average Bonchev–Trinajstić information content (AvgIpc) is 2.96. The standard InChI is InChI=1S/C21H17Cl2NO3/c1-3-27-21(26)18-17(14-8-7-13(22)10-16(14)23)15-6-4-5-12-9-11(2)24(19(12)15)20(18)25/h4-8,10-11H,3,9H2,1-2H3. The molecule has 4 nitrogen and oxygen atoms in total. The van der Waals surface area contributed by atoms with Gasteiger partial charge in [-0.15, -0.1) is 0 Å². The molecule has 1 aliphatic heterocycles. The summed E-state index contributed by atoms with van der Waals surface area (Å²) < 4.78 is 6.91. The zero-order valence-corrected chi connectivity index (χ0v) is 16.4. The minimum Gasteiger partial charge on any atom is -0.462 e. The Morgan fingerprint density at radius 3 is 2.74 bits per heavy atom. The SMILES string of the molecule is CCOC(=O)c1c(-c2ccc(Cl)cc2Cl)c2cccc3c2n(c1=O)C(C)C3. The third-order valence-electron chi connectivity index (χ3n) is 4.95. The Balaban J connectivity index is 2.19. The molecule has 0 aliphatic carbocycles. The highest BCUT2D eigenvalue weighted by Gasteiger charge is 2.31. The topological polar surface area (TPSA) is 48.3 Å². The third-order valence-corrected chi connectivity index (χ3v) is 5.50. The van der Waals surface area contributed by atoms with Crippen LogP contribution in [0.4, 0.5) is 0 Å². The fraction of sp³-hybridized carbons (Fsp3) is 0.238. The lowest BCUT2D eigenvalue weighted by atomic mass is 9.95. The van der Waals surface area contributed by atoms with Crippen molar-refractivity contribution in [1.82, 2.24) is 4.57 Å². The van der Waals surface area contributed by atoms with E-state index in [0.717, 1.165) is 22.9 Å². The summed E-state index contributed by atoms with van der Waals surface area (Å²) >= 11 is 12.5. The monoisotopic (exact) mass is 401 g/mol. The van der Waals surface area contributed by atoms with Crippen LogP contribution in [0.1, 0.15) is 35.8 Å². The van der Waals surface area contributed by atoms with Crippen LogP contribution in [0.2, 0.25) is 10.0 Å². The second kappa shape index (κ2) is 6.70. The largest absolute Gasteiger partial charge is 0.462 e. The Kier molecular flexibility index (Phi) is 4.49. The van der Waals surface area contributed by atoms with Gasteiger partial charge in [-0.2, -0.15) is 0 Å². The van der Waals surface area contributed by atoms with E-state index >= 15 is 0 Å². The smallest absolute Gasteiger partial charge is 0.344 e. The molecule has 0 spiro atoms. The molecule has 3 aromatic rings. The summed E-state index contributed by atoms with van der Waals surface area (Å²) in [6.07, 6.45) is 0.743. The van der Waals surface area contributed by atoms with Gasteiger partial charge in [-0.3, -0.25) is 4.79 Å². The van der Waals surface area contributed by atoms with Gasteiger partial charge < -0.3 is 9.30 Å². The molecule has 1 aromatic heterocycles. The molecular formula is C21H17Cl2NO3. The van der Waals surface area contributed by atoms with Gasteiger partial charge in [0.25, 0.3) is 5.56 Å². The van der Waals surface area contributed by atoms with Gasteiger partial charge in [0.05, 0.1) is 12.1 Å². The quantitative estimate of drug-likeness (QED) is 0.561. The molecule has 1 aliphatic rings. The first kappa shape index (κ1) is 18.1. The van der Waals surface area contributed by atoms with Crippen LogP contribution in [0.15, 0.2) is 41.2 Å². The molecule has 27 heavy (non-hydrogen) atoms. The molecule has 0 radical (unpaired) electrons. The second-order valence-electron chi connectivity index (χ2n) is 6.64. The van der Waals surface area contributed by atoms with E-state index in [2.05, 4.69) is 0 Å². The summed E-state index contributed by atoms with van der Waals surface area (Å²) in [5, 5.41) is 1.67. The van der Waals surface area contributed by atoms with E-state index in [-0.39, 0.29) is 23.8 Å². The molecule has 2 aromatic carbocycles. The maximum absolute atomic E-state index is 13.3. The van der Waals surface area contributed by atoms with Crippen molar-refractivity contribution in [2.45, 2.75) is 26.3 Å². The number of hydrogen-bond donors (Lipinski definition) is 0. The van der Waals surface area contributed by atoms with Crippen LogP contribution in [0.3, 0.4) is 0 Å². The van der Waals surface area contributed by atoms with Crippen molar-refractivity contribution < 1.29 is 9.53 Å². The van der Waals surface area contributed by atoms with Gasteiger partial charge in [0.2, 0.25) is 0 Å².